The molecule has 0 radical (unpaired) electrons. The number of alkyl carbamates (subject to hydrolysis) is 1. The number of rotatable bonds is 15. The third-order valence-corrected chi connectivity index (χ3v) is 10.8. The van der Waals surface area contributed by atoms with Gasteiger partial charge in [0.05, 0.1) is 17.7 Å². The number of nitrogens with one attached hydrogen (secondary N) is 1. The van der Waals surface area contributed by atoms with E-state index in [0.717, 1.165) is 80.1 Å². The highest BCUT2D eigenvalue weighted by atomic mass is 16.6. The van der Waals surface area contributed by atoms with Crippen molar-refractivity contribution in [1.82, 2.24) is 20.1 Å². The van der Waals surface area contributed by atoms with Crippen LogP contribution in [-0.4, -0.2) is 93.9 Å². The number of fused-ring (bicyclic) bond motifs is 1. The van der Waals surface area contributed by atoms with Gasteiger partial charge in [-0.25, -0.2) is 14.6 Å². The lowest BCUT2D eigenvalue weighted by molar-refractivity contribution is -0.150. The fourth-order valence-corrected chi connectivity index (χ4v) is 8.01. The van der Waals surface area contributed by atoms with E-state index in [1.165, 1.54) is 37.3 Å². The number of benzene rings is 1. The van der Waals surface area contributed by atoms with E-state index in [1.807, 2.05) is 45.0 Å². The Balaban J connectivity index is 1.10. The number of aliphatic carboxylic acids is 1. The van der Waals surface area contributed by atoms with Gasteiger partial charge in [-0.2, -0.15) is 0 Å². The summed E-state index contributed by atoms with van der Waals surface area (Å²) in [6.45, 7) is 9.91. The maximum Gasteiger partial charge on any atom is 0.408 e. The van der Waals surface area contributed by atoms with Crippen LogP contribution in [0.25, 0.3) is 10.9 Å². The minimum atomic E-state index is -1.02. The van der Waals surface area contributed by atoms with Crippen molar-refractivity contribution in [3.63, 3.8) is 0 Å². The number of hydrogen-bond donors (Lipinski definition) is 3. The first kappa shape index (κ1) is 37.7. The van der Waals surface area contributed by atoms with Gasteiger partial charge in [0.15, 0.2) is 0 Å². The molecule has 2 aromatic rings. The largest absolute Gasteiger partial charge is 0.493 e. The highest BCUT2D eigenvalue weighted by Crippen LogP contribution is 2.37. The number of pyridine rings is 1. The van der Waals surface area contributed by atoms with Crippen LogP contribution in [0.4, 0.5) is 4.79 Å². The van der Waals surface area contributed by atoms with Crippen LogP contribution in [0.3, 0.4) is 0 Å². The van der Waals surface area contributed by atoms with Gasteiger partial charge in [-0.3, -0.25) is 4.79 Å². The zero-order chi connectivity index (χ0) is 35.7. The standard InChI is InChI=1S/C39H58N4O7/c1-39(2,3)34(36(45)43-25-13-20-31(43)37(46)47)41-38(48)50-32-21-12-16-27(32)15-6-4-7-18-29-33(28-17-8-9-19-30(28)40-35(29)44)49-26-14-24-42-22-10-5-11-23-42/h8-9,17,19,27,31-32,34H,4-7,10-16,18,20-26H2,1-3H3,(H,40,44)(H,41,48)(H,46,47)/t27-,31+,32?,34-/m1/s1. The molecule has 3 aliphatic rings. The second kappa shape index (κ2) is 17.6. The number of carbonyl (C=O) groups is 3. The van der Waals surface area contributed by atoms with Gasteiger partial charge in [-0.15, -0.1) is 0 Å². The number of carboxylic acids is 1. The summed E-state index contributed by atoms with van der Waals surface area (Å²) in [5.41, 5.74) is 0.880. The molecule has 1 saturated carbocycles. The number of aromatic nitrogens is 1. The molecule has 1 aromatic carbocycles. The highest BCUT2D eigenvalue weighted by molar-refractivity contribution is 5.90. The van der Waals surface area contributed by atoms with E-state index in [-0.39, 0.29) is 23.8 Å². The zero-order valence-electron chi connectivity index (χ0n) is 30.3. The number of carboxylic acid groups (broad SMARTS) is 1. The number of hydrogen-bond acceptors (Lipinski definition) is 8. The molecular formula is C39H58N4O7. The Morgan fingerprint density at radius 3 is 2.50 bits per heavy atom. The minimum absolute atomic E-state index is 0.0419. The SMILES string of the molecule is CC(C)(C)[C@H](NC(=O)OC1CCC[C@H]1CCCCCc1c(O)nc2ccccc2c1OCCCN1CCCCC1)C(=O)N1CCC[C@H]1C(=O)O. The van der Waals surface area contributed by atoms with Gasteiger partial charge in [-0.05, 0) is 107 Å². The van der Waals surface area contributed by atoms with Gasteiger partial charge in [-0.1, -0.05) is 52.2 Å². The van der Waals surface area contributed by atoms with Crippen molar-refractivity contribution in [1.29, 1.82) is 0 Å². The van der Waals surface area contributed by atoms with E-state index >= 15 is 0 Å². The second-order valence-electron chi connectivity index (χ2n) is 15.6. The van der Waals surface area contributed by atoms with E-state index in [4.69, 9.17) is 9.47 Å². The van der Waals surface area contributed by atoms with Crippen LogP contribution < -0.4 is 10.1 Å². The van der Waals surface area contributed by atoms with Crippen LogP contribution in [0.15, 0.2) is 24.3 Å². The number of para-hydroxylation sites is 1. The topological polar surface area (TPSA) is 142 Å². The lowest BCUT2D eigenvalue weighted by Crippen LogP contribution is -2.57. The summed E-state index contributed by atoms with van der Waals surface area (Å²) in [6.07, 6.45) is 12.2. The summed E-state index contributed by atoms with van der Waals surface area (Å²) in [6, 6.07) is 6.07. The Hall–Kier alpha value is -3.60. The fraction of sp³-hybridized carbons (Fsp3) is 0.692. The number of unbranched alkanes of at least 4 members (excludes halogenated alkanes) is 2. The molecule has 4 atom stereocenters. The Morgan fingerprint density at radius 1 is 0.960 bits per heavy atom. The average molecular weight is 695 g/mol. The molecule has 3 heterocycles. The molecule has 0 spiro atoms. The van der Waals surface area contributed by atoms with Crippen LogP contribution in [-0.2, 0) is 20.7 Å². The summed E-state index contributed by atoms with van der Waals surface area (Å²) in [5, 5.41) is 24.3. The normalized spacial score (nSPS) is 22.1. The van der Waals surface area contributed by atoms with Crippen LogP contribution in [0, 0.1) is 11.3 Å². The summed E-state index contributed by atoms with van der Waals surface area (Å²) in [5.74, 6) is -0.356. The van der Waals surface area contributed by atoms with Gasteiger partial charge in [0.25, 0.3) is 0 Å². The van der Waals surface area contributed by atoms with Crippen molar-refractivity contribution in [3.8, 4) is 11.6 Å². The summed E-state index contributed by atoms with van der Waals surface area (Å²) in [7, 11) is 0. The third kappa shape index (κ3) is 9.80. The zero-order valence-corrected chi connectivity index (χ0v) is 30.3. The van der Waals surface area contributed by atoms with Crippen molar-refractivity contribution in [3.05, 3.63) is 29.8 Å². The lowest BCUT2D eigenvalue weighted by Gasteiger charge is -2.35. The number of ether oxygens (including phenoxy) is 2. The monoisotopic (exact) mass is 694 g/mol. The molecule has 11 nitrogen and oxygen atoms in total. The van der Waals surface area contributed by atoms with Crippen molar-refractivity contribution in [2.24, 2.45) is 11.3 Å². The molecule has 276 valence electrons. The molecule has 11 heteroatoms. The van der Waals surface area contributed by atoms with Crippen molar-refractivity contribution in [2.45, 2.75) is 129 Å². The maximum atomic E-state index is 13.4. The Labute approximate surface area is 297 Å². The first-order valence-electron chi connectivity index (χ1n) is 19.0. The molecule has 5 rings (SSSR count). The number of piperidine rings is 1. The van der Waals surface area contributed by atoms with E-state index < -0.39 is 29.6 Å². The first-order valence-corrected chi connectivity index (χ1v) is 19.0. The molecule has 3 N–H and O–H groups in total. The second-order valence-corrected chi connectivity index (χ2v) is 15.6. The Morgan fingerprint density at radius 2 is 1.74 bits per heavy atom. The van der Waals surface area contributed by atoms with Crippen LogP contribution in [0.2, 0.25) is 0 Å². The van der Waals surface area contributed by atoms with Crippen molar-refractivity contribution >= 4 is 28.9 Å². The molecular weight excluding hydrogens is 636 g/mol. The predicted octanol–water partition coefficient (Wildman–Crippen LogP) is 6.68. The predicted molar refractivity (Wildman–Crippen MR) is 192 cm³/mol. The van der Waals surface area contributed by atoms with E-state index in [0.29, 0.717) is 32.4 Å². The lowest BCUT2D eigenvalue weighted by atomic mass is 9.85. The van der Waals surface area contributed by atoms with Crippen LogP contribution in [0.5, 0.6) is 11.6 Å². The van der Waals surface area contributed by atoms with Crippen LogP contribution >= 0.6 is 0 Å². The third-order valence-electron chi connectivity index (χ3n) is 10.8. The molecule has 3 fully saturated rings. The highest BCUT2D eigenvalue weighted by Gasteiger charge is 2.42. The molecule has 50 heavy (non-hydrogen) atoms. The van der Waals surface area contributed by atoms with Crippen LogP contribution in [0.1, 0.15) is 110 Å². The summed E-state index contributed by atoms with van der Waals surface area (Å²) in [4.78, 5) is 46.7. The minimum Gasteiger partial charge on any atom is -0.493 e. The van der Waals surface area contributed by atoms with Crippen molar-refractivity contribution in [2.75, 3.05) is 32.8 Å². The van der Waals surface area contributed by atoms with E-state index in [2.05, 4.69) is 15.2 Å². The number of nitrogens with zero attached hydrogens (tertiary/aromatic N) is 3. The van der Waals surface area contributed by atoms with E-state index in [1.54, 1.807) is 0 Å². The number of carbonyl (C=O) groups excluding carboxylic acids is 2. The number of likely N-dealkylation sites (tertiary alicyclic amines) is 2. The molecule has 2 aliphatic heterocycles. The van der Waals surface area contributed by atoms with Gasteiger partial charge in [0.2, 0.25) is 11.8 Å². The molecule has 0 bridgehead atoms. The van der Waals surface area contributed by atoms with Gasteiger partial charge >= 0.3 is 12.1 Å². The quantitative estimate of drug-likeness (QED) is 0.174. The maximum absolute atomic E-state index is 13.4. The van der Waals surface area contributed by atoms with Gasteiger partial charge < -0.3 is 34.8 Å². The first-order chi connectivity index (χ1) is 24.0. The molecule has 1 aliphatic carbocycles. The fourth-order valence-electron chi connectivity index (χ4n) is 8.01. The number of aromatic hydroxyl groups is 1. The smallest absolute Gasteiger partial charge is 0.408 e. The molecule has 2 amide bonds. The van der Waals surface area contributed by atoms with Gasteiger partial charge in [0, 0.05) is 18.5 Å². The van der Waals surface area contributed by atoms with E-state index in [9.17, 15) is 24.6 Å². The average Bonchev–Trinajstić information content (AvgIpc) is 3.76. The van der Waals surface area contributed by atoms with Gasteiger partial charge in [0.1, 0.15) is 23.9 Å². The molecule has 1 unspecified atom stereocenters. The summed E-state index contributed by atoms with van der Waals surface area (Å²) < 4.78 is 12.3. The number of amides is 2. The Kier molecular flexibility index (Phi) is 13.2. The van der Waals surface area contributed by atoms with Crippen molar-refractivity contribution < 1.29 is 34.1 Å². The Bertz CT molecular complexity index is 1450. The summed E-state index contributed by atoms with van der Waals surface area (Å²) >= 11 is 0. The molecule has 2 saturated heterocycles. The molecule has 1 aromatic heterocycles.